The maximum atomic E-state index is 10.9. The molecule has 0 amide bonds. The topological polar surface area (TPSA) is 65.0 Å². The molecule has 5 heteroatoms. The zero-order valence-electron chi connectivity index (χ0n) is 10.6. The van der Waals surface area contributed by atoms with Crippen molar-refractivity contribution in [2.45, 2.75) is 13.0 Å². The van der Waals surface area contributed by atoms with Gasteiger partial charge >= 0.3 is 5.97 Å². The van der Waals surface area contributed by atoms with Crippen molar-refractivity contribution in [1.82, 2.24) is 0 Å². The number of ether oxygens (including phenoxy) is 3. The molecule has 0 spiro atoms. The zero-order chi connectivity index (χ0) is 13.4. The summed E-state index contributed by atoms with van der Waals surface area (Å²) in [5, 5.41) is 8.96. The first-order valence-corrected chi connectivity index (χ1v) is 5.65. The van der Waals surface area contributed by atoms with Crippen LogP contribution < -0.4 is 4.74 Å². The molecule has 0 aliphatic heterocycles. The van der Waals surface area contributed by atoms with E-state index in [-0.39, 0.29) is 5.56 Å². The molecular weight excluding hydrogens is 236 g/mol. The van der Waals surface area contributed by atoms with E-state index in [1.807, 2.05) is 0 Å². The average Bonchev–Trinajstić information content (AvgIpc) is 2.38. The van der Waals surface area contributed by atoms with Crippen molar-refractivity contribution in [3.63, 3.8) is 0 Å². The minimum absolute atomic E-state index is 0.199. The molecule has 18 heavy (non-hydrogen) atoms. The molecular formula is C13H18O5. The number of hydrogen-bond acceptors (Lipinski definition) is 4. The van der Waals surface area contributed by atoms with Crippen LogP contribution in [0.15, 0.2) is 18.2 Å². The summed E-state index contributed by atoms with van der Waals surface area (Å²) in [7, 11) is 3.14. The Morgan fingerprint density at radius 1 is 1.22 bits per heavy atom. The molecule has 100 valence electrons. The fourth-order valence-corrected chi connectivity index (χ4v) is 1.48. The number of aromatic carboxylic acids is 1. The van der Waals surface area contributed by atoms with E-state index in [1.54, 1.807) is 19.2 Å². The minimum atomic E-state index is -0.977. The van der Waals surface area contributed by atoms with Crippen molar-refractivity contribution in [3.05, 3.63) is 29.3 Å². The molecule has 0 heterocycles. The molecule has 0 aliphatic rings. The highest BCUT2D eigenvalue weighted by molar-refractivity contribution is 5.88. The summed E-state index contributed by atoms with van der Waals surface area (Å²) in [6.45, 7) is 1.59. The summed E-state index contributed by atoms with van der Waals surface area (Å²) in [4.78, 5) is 10.9. The highest BCUT2D eigenvalue weighted by atomic mass is 16.5. The summed E-state index contributed by atoms with van der Waals surface area (Å²) in [6, 6.07) is 4.83. The Morgan fingerprint density at radius 2 is 2.00 bits per heavy atom. The average molecular weight is 254 g/mol. The van der Waals surface area contributed by atoms with Gasteiger partial charge in [-0.3, -0.25) is 0 Å². The molecule has 0 aromatic heterocycles. The van der Waals surface area contributed by atoms with Crippen molar-refractivity contribution in [2.24, 2.45) is 0 Å². The summed E-state index contributed by atoms with van der Waals surface area (Å²) in [6.07, 6.45) is 0.812. The van der Waals surface area contributed by atoms with E-state index in [2.05, 4.69) is 0 Å². The molecule has 0 fully saturated rings. The molecule has 0 unspecified atom stereocenters. The lowest BCUT2D eigenvalue weighted by atomic mass is 10.1. The highest BCUT2D eigenvalue weighted by Crippen LogP contribution is 2.17. The van der Waals surface area contributed by atoms with Gasteiger partial charge in [-0.05, 0) is 30.2 Å². The van der Waals surface area contributed by atoms with Crippen LogP contribution in [0.5, 0.6) is 5.75 Å². The fraction of sp³-hybridized carbons (Fsp3) is 0.462. The molecule has 1 N–H and O–H groups in total. The lowest BCUT2D eigenvalue weighted by Crippen LogP contribution is -2.02. The summed E-state index contributed by atoms with van der Waals surface area (Å²) in [5.41, 5.74) is 0.981. The molecule has 0 atom stereocenters. The fourth-order valence-electron chi connectivity index (χ4n) is 1.48. The zero-order valence-corrected chi connectivity index (χ0v) is 10.6. The molecule has 1 rings (SSSR count). The van der Waals surface area contributed by atoms with Gasteiger partial charge in [0.05, 0.1) is 19.3 Å². The number of carbonyl (C=O) groups is 1. The quantitative estimate of drug-likeness (QED) is 0.718. The maximum Gasteiger partial charge on any atom is 0.335 e. The van der Waals surface area contributed by atoms with Crippen molar-refractivity contribution in [1.29, 1.82) is 0 Å². The Hall–Kier alpha value is -1.59. The lowest BCUT2D eigenvalue weighted by Gasteiger charge is -2.08. The van der Waals surface area contributed by atoms with E-state index in [9.17, 15) is 4.79 Å². The van der Waals surface area contributed by atoms with E-state index in [1.165, 1.54) is 13.2 Å². The van der Waals surface area contributed by atoms with E-state index in [4.69, 9.17) is 19.3 Å². The summed E-state index contributed by atoms with van der Waals surface area (Å²) in [5.74, 6) is -0.458. The number of carboxylic acid groups (broad SMARTS) is 1. The molecule has 5 nitrogen and oxygen atoms in total. The van der Waals surface area contributed by atoms with Gasteiger partial charge in [0.15, 0.2) is 0 Å². The first-order chi connectivity index (χ1) is 8.67. The van der Waals surface area contributed by atoms with Gasteiger partial charge in [-0.15, -0.1) is 0 Å². The van der Waals surface area contributed by atoms with Crippen LogP contribution >= 0.6 is 0 Å². The monoisotopic (exact) mass is 254 g/mol. The third-order valence-corrected chi connectivity index (χ3v) is 2.35. The van der Waals surface area contributed by atoms with Crippen LogP contribution in [-0.2, 0) is 16.1 Å². The Balaban J connectivity index is 2.58. The van der Waals surface area contributed by atoms with Gasteiger partial charge in [0, 0.05) is 20.3 Å². The molecule has 1 aromatic rings. The standard InChI is InChI=1S/C13H18O5/c1-16-4-3-5-18-9-10-6-11(13(14)15)8-12(7-10)17-2/h6-8H,3-5,9H2,1-2H3,(H,14,15). The first kappa shape index (κ1) is 14.5. The van der Waals surface area contributed by atoms with Gasteiger partial charge in [-0.25, -0.2) is 4.79 Å². The Kier molecular flexibility index (Phi) is 6.18. The van der Waals surface area contributed by atoms with Crippen LogP contribution in [0.3, 0.4) is 0 Å². The number of rotatable bonds is 8. The Bertz CT molecular complexity index is 389. The largest absolute Gasteiger partial charge is 0.497 e. The molecule has 1 aromatic carbocycles. The molecule has 0 radical (unpaired) electrons. The molecule has 0 bridgehead atoms. The van der Waals surface area contributed by atoms with E-state index in [0.717, 1.165) is 12.0 Å². The van der Waals surface area contributed by atoms with E-state index < -0.39 is 5.97 Å². The minimum Gasteiger partial charge on any atom is -0.497 e. The number of hydrogen-bond donors (Lipinski definition) is 1. The highest BCUT2D eigenvalue weighted by Gasteiger charge is 2.07. The first-order valence-electron chi connectivity index (χ1n) is 5.65. The number of carboxylic acids is 1. The second kappa shape index (κ2) is 7.68. The normalized spacial score (nSPS) is 10.3. The van der Waals surface area contributed by atoms with Crippen LogP contribution in [0.25, 0.3) is 0 Å². The van der Waals surface area contributed by atoms with Crippen LogP contribution in [0.4, 0.5) is 0 Å². The van der Waals surface area contributed by atoms with E-state index >= 15 is 0 Å². The number of benzene rings is 1. The van der Waals surface area contributed by atoms with Crippen molar-refractivity contribution >= 4 is 5.97 Å². The SMILES string of the molecule is COCCCOCc1cc(OC)cc(C(=O)O)c1. The van der Waals surface area contributed by atoms with Crippen molar-refractivity contribution < 1.29 is 24.1 Å². The Morgan fingerprint density at radius 3 is 2.61 bits per heavy atom. The van der Waals surface area contributed by atoms with E-state index in [0.29, 0.717) is 25.6 Å². The third kappa shape index (κ3) is 4.73. The molecule has 0 aliphatic carbocycles. The van der Waals surface area contributed by atoms with Crippen LogP contribution in [-0.4, -0.2) is 38.5 Å². The summed E-state index contributed by atoms with van der Waals surface area (Å²) >= 11 is 0. The molecule has 0 saturated heterocycles. The second-order valence-corrected chi connectivity index (χ2v) is 3.77. The van der Waals surface area contributed by atoms with Gasteiger partial charge in [0.1, 0.15) is 5.75 Å². The number of methoxy groups -OCH3 is 2. The van der Waals surface area contributed by atoms with Crippen molar-refractivity contribution in [2.75, 3.05) is 27.4 Å². The van der Waals surface area contributed by atoms with Crippen LogP contribution in [0.2, 0.25) is 0 Å². The predicted molar refractivity (Wildman–Crippen MR) is 66.1 cm³/mol. The van der Waals surface area contributed by atoms with Crippen LogP contribution in [0, 0.1) is 0 Å². The van der Waals surface area contributed by atoms with Gasteiger partial charge in [-0.2, -0.15) is 0 Å². The van der Waals surface area contributed by atoms with Crippen molar-refractivity contribution in [3.8, 4) is 5.75 Å². The molecule has 0 saturated carbocycles. The van der Waals surface area contributed by atoms with Gasteiger partial charge < -0.3 is 19.3 Å². The third-order valence-electron chi connectivity index (χ3n) is 2.35. The Labute approximate surface area is 106 Å². The van der Waals surface area contributed by atoms with Crippen LogP contribution in [0.1, 0.15) is 22.3 Å². The van der Waals surface area contributed by atoms with Gasteiger partial charge in [-0.1, -0.05) is 0 Å². The van der Waals surface area contributed by atoms with Gasteiger partial charge in [0.2, 0.25) is 0 Å². The van der Waals surface area contributed by atoms with Gasteiger partial charge in [0.25, 0.3) is 0 Å². The lowest BCUT2D eigenvalue weighted by molar-refractivity contribution is 0.0695. The predicted octanol–water partition coefficient (Wildman–Crippen LogP) is 1.95. The smallest absolute Gasteiger partial charge is 0.335 e. The summed E-state index contributed by atoms with van der Waals surface area (Å²) < 4.78 is 15.4. The second-order valence-electron chi connectivity index (χ2n) is 3.77. The maximum absolute atomic E-state index is 10.9.